The minimum Gasteiger partial charge on any atom is -0.465 e. The number of amides is 1. The van der Waals surface area contributed by atoms with E-state index in [1.54, 1.807) is 0 Å². The first kappa shape index (κ1) is 7.75. The van der Waals surface area contributed by atoms with Crippen LogP contribution in [0.2, 0.25) is 0 Å². The second kappa shape index (κ2) is 3.72. The van der Waals surface area contributed by atoms with Crippen LogP contribution in [-0.2, 0) is 0 Å². The van der Waals surface area contributed by atoms with Gasteiger partial charge in [0.05, 0.1) is 0 Å². The third-order valence-electron chi connectivity index (χ3n) is 0.792. The van der Waals surface area contributed by atoms with E-state index in [2.05, 4.69) is 13.2 Å². The average Bonchev–Trinajstić information content (AvgIpc) is 1.82. The number of carbonyl (C=O) groups is 1. The molecule has 9 heavy (non-hydrogen) atoms. The zero-order valence-corrected chi connectivity index (χ0v) is 5.08. The number of nitrogens with zero attached hydrogens (tertiary/aromatic N) is 1. The van der Waals surface area contributed by atoms with Crippen LogP contribution < -0.4 is 0 Å². The Balaban J connectivity index is 3.81. The predicted octanol–water partition coefficient (Wildman–Crippen LogP) is 1.30. The molecule has 0 saturated carbocycles. The Morgan fingerprint density at radius 2 is 2.22 bits per heavy atom. The van der Waals surface area contributed by atoms with E-state index in [0.717, 1.165) is 4.90 Å². The number of rotatable bonds is 3. The maximum absolute atomic E-state index is 10.1. The molecule has 0 spiro atoms. The van der Waals surface area contributed by atoms with Crippen molar-refractivity contribution in [2.75, 3.05) is 6.54 Å². The van der Waals surface area contributed by atoms with Crippen molar-refractivity contribution in [3.05, 3.63) is 25.4 Å². The lowest BCUT2D eigenvalue weighted by molar-refractivity contribution is 0.167. The van der Waals surface area contributed by atoms with Gasteiger partial charge in [-0.15, -0.1) is 6.58 Å². The van der Waals surface area contributed by atoms with Crippen LogP contribution in [0, 0.1) is 0 Å². The highest BCUT2D eigenvalue weighted by atomic mass is 16.4. The summed E-state index contributed by atoms with van der Waals surface area (Å²) in [5.41, 5.74) is 0. The molecule has 0 radical (unpaired) electrons. The average molecular weight is 127 g/mol. The minimum absolute atomic E-state index is 0.291. The van der Waals surface area contributed by atoms with Gasteiger partial charge in [-0.1, -0.05) is 12.7 Å². The Kier molecular flexibility index (Phi) is 3.20. The van der Waals surface area contributed by atoms with Gasteiger partial charge in [-0.2, -0.15) is 0 Å². The SMILES string of the molecule is C=CCN(C=C)C(=O)O. The van der Waals surface area contributed by atoms with Crippen molar-refractivity contribution in [1.29, 1.82) is 0 Å². The fraction of sp³-hybridized carbons (Fsp3) is 0.167. The summed E-state index contributed by atoms with van der Waals surface area (Å²) in [7, 11) is 0. The maximum Gasteiger partial charge on any atom is 0.411 e. The normalized spacial score (nSPS) is 8.00. The first-order valence-electron chi connectivity index (χ1n) is 2.45. The summed E-state index contributed by atoms with van der Waals surface area (Å²) < 4.78 is 0. The van der Waals surface area contributed by atoms with Gasteiger partial charge in [0.15, 0.2) is 0 Å². The molecule has 0 aromatic heterocycles. The molecular formula is C6H9NO2. The van der Waals surface area contributed by atoms with Gasteiger partial charge in [-0.25, -0.2) is 4.79 Å². The Morgan fingerprint density at radius 1 is 1.67 bits per heavy atom. The topological polar surface area (TPSA) is 40.5 Å². The molecule has 0 fully saturated rings. The second-order valence-electron chi connectivity index (χ2n) is 1.41. The zero-order chi connectivity index (χ0) is 7.28. The van der Waals surface area contributed by atoms with Crippen molar-refractivity contribution in [3.8, 4) is 0 Å². The summed E-state index contributed by atoms with van der Waals surface area (Å²) in [5, 5.41) is 8.31. The smallest absolute Gasteiger partial charge is 0.411 e. The summed E-state index contributed by atoms with van der Waals surface area (Å²) in [6, 6.07) is 0. The molecule has 50 valence electrons. The first-order chi connectivity index (χ1) is 4.22. The predicted molar refractivity (Wildman–Crippen MR) is 35.1 cm³/mol. The Labute approximate surface area is 53.9 Å². The molecular weight excluding hydrogens is 118 g/mol. The highest BCUT2D eigenvalue weighted by Crippen LogP contribution is 1.87. The largest absolute Gasteiger partial charge is 0.465 e. The van der Waals surface area contributed by atoms with Gasteiger partial charge in [0, 0.05) is 12.7 Å². The standard InChI is InChI=1S/C6H9NO2/c1-3-5-7(4-2)6(8)9/h3-4H,1-2,5H2,(H,8,9). The van der Waals surface area contributed by atoms with Crippen molar-refractivity contribution in [1.82, 2.24) is 4.90 Å². The van der Waals surface area contributed by atoms with E-state index in [1.165, 1.54) is 12.3 Å². The van der Waals surface area contributed by atoms with Crippen molar-refractivity contribution in [3.63, 3.8) is 0 Å². The maximum atomic E-state index is 10.1. The first-order valence-corrected chi connectivity index (χ1v) is 2.45. The van der Waals surface area contributed by atoms with E-state index < -0.39 is 6.09 Å². The van der Waals surface area contributed by atoms with Crippen LogP contribution in [-0.4, -0.2) is 22.6 Å². The molecule has 0 heterocycles. The fourth-order valence-electron chi connectivity index (χ4n) is 0.370. The zero-order valence-electron chi connectivity index (χ0n) is 5.08. The molecule has 0 rings (SSSR count). The summed E-state index contributed by atoms with van der Waals surface area (Å²) in [5.74, 6) is 0. The molecule has 0 aliphatic heterocycles. The Hall–Kier alpha value is -1.25. The molecule has 0 bridgehead atoms. The molecule has 0 aromatic carbocycles. The molecule has 3 heteroatoms. The van der Waals surface area contributed by atoms with Crippen LogP contribution in [0.3, 0.4) is 0 Å². The van der Waals surface area contributed by atoms with Gasteiger partial charge in [0.25, 0.3) is 0 Å². The summed E-state index contributed by atoms with van der Waals surface area (Å²) in [6.45, 7) is 6.97. The van der Waals surface area contributed by atoms with Crippen LogP contribution in [0.25, 0.3) is 0 Å². The van der Waals surface area contributed by atoms with E-state index in [-0.39, 0.29) is 0 Å². The van der Waals surface area contributed by atoms with Crippen LogP contribution in [0.15, 0.2) is 25.4 Å². The van der Waals surface area contributed by atoms with Crippen LogP contribution in [0.4, 0.5) is 4.79 Å². The quantitative estimate of drug-likeness (QED) is 0.580. The highest BCUT2D eigenvalue weighted by molar-refractivity contribution is 5.66. The van der Waals surface area contributed by atoms with Crippen LogP contribution in [0.5, 0.6) is 0 Å². The molecule has 0 aromatic rings. The number of hydrogen-bond donors (Lipinski definition) is 1. The molecule has 0 unspecified atom stereocenters. The molecule has 1 amide bonds. The van der Waals surface area contributed by atoms with Crippen molar-refractivity contribution in [2.24, 2.45) is 0 Å². The van der Waals surface area contributed by atoms with Gasteiger partial charge in [0.2, 0.25) is 0 Å². The van der Waals surface area contributed by atoms with Gasteiger partial charge < -0.3 is 5.11 Å². The lowest BCUT2D eigenvalue weighted by Gasteiger charge is -2.08. The van der Waals surface area contributed by atoms with E-state index >= 15 is 0 Å². The third-order valence-corrected chi connectivity index (χ3v) is 0.792. The molecule has 0 atom stereocenters. The van der Waals surface area contributed by atoms with Crippen molar-refractivity contribution >= 4 is 6.09 Å². The Morgan fingerprint density at radius 3 is 2.33 bits per heavy atom. The summed E-state index contributed by atoms with van der Waals surface area (Å²) in [4.78, 5) is 11.2. The van der Waals surface area contributed by atoms with Gasteiger partial charge in [0.1, 0.15) is 0 Å². The van der Waals surface area contributed by atoms with Crippen LogP contribution in [0.1, 0.15) is 0 Å². The van der Waals surface area contributed by atoms with Gasteiger partial charge in [-0.3, -0.25) is 4.90 Å². The van der Waals surface area contributed by atoms with E-state index in [0.29, 0.717) is 6.54 Å². The molecule has 1 N–H and O–H groups in total. The van der Waals surface area contributed by atoms with Crippen LogP contribution >= 0.6 is 0 Å². The van der Waals surface area contributed by atoms with E-state index in [9.17, 15) is 4.79 Å². The Bertz CT molecular complexity index is 131. The lowest BCUT2D eigenvalue weighted by atomic mass is 10.5. The van der Waals surface area contributed by atoms with Gasteiger partial charge in [-0.05, 0) is 0 Å². The molecule has 0 aliphatic carbocycles. The van der Waals surface area contributed by atoms with E-state index in [4.69, 9.17) is 5.11 Å². The number of carboxylic acid groups (broad SMARTS) is 1. The molecule has 0 aliphatic rings. The minimum atomic E-state index is -1.01. The second-order valence-corrected chi connectivity index (χ2v) is 1.41. The van der Waals surface area contributed by atoms with E-state index in [1.807, 2.05) is 0 Å². The van der Waals surface area contributed by atoms with Crippen molar-refractivity contribution in [2.45, 2.75) is 0 Å². The monoisotopic (exact) mass is 127 g/mol. The lowest BCUT2D eigenvalue weighted by Crippen LogP contribution is -2.22. The third kappa shape index (κ3) is 2.54. The molecule has 3 nitrogen and oxygen atoms in total. The highest BCUT2D eigenvalue weighted by Gasteiger charge is 2.02. The van der Waals surface area contributed by atoms with Crippen molar-refractivity contribution < 1.29 is 9.90 Å². The number of hydrogen-bond acceptors (Lipinski definition) is 1. The van der Waals surface area contributed by atoms with Gasteiger partial charge >= 0.3 is 6.09 Å². The molecule has 0 saturated heterocycles. The summed E-state index contributed by atoms with van der Waals surface area (Å²) in [6.07, 6.45) is 1.73. The summed E-state index contributed by atoms with van der Waals surface area (Å²) >= 11 is 0. The fourth-order valence-corrected chi connectivity index (χ4v) is 0.370.